The molecule has 2 heterocycles. The van der Waals surface area contributed by atoms with E-state index >= 15 is 0 Å². The van der Waals surface area contributed by atoms with Gasteiger partial charge in [-0.05, 0) is 27.2 Å². The maximum atomic E-state index is 4.41. The van der Waals surface area contributed by atoms with Gasteiger partial charge in [0.15, 0.2) is 5.65 Å². The molecule has 0 unspecified atom stereocenters. The van der Waals surface area contributed by atoms with Crippen LogP contribution in [-0.2, 0) is 5.54 Å². The fourth-order valence-corrected chi connectivity index (χ4v) is 1.72. The molecule has 0 aromatic carbocycles. The maximum absolute atomic E-state index is 4.41. The van der Waals surface area contributed by atoms with E-state index in [1.807, 2.05) is 10.9 Å². The van der Waals surface area contributed by atoms with Gasteiger partial charge in [0.25, 0.3) is 0 Å². The summed E-state index contributed by atoms with van der Waals surface area (Å²) in [6, 6.07) is 0. The fourth-order valence-electron chi connectivity index (χ4n) is 1.72. The Kier molecular flexibility index (Phi) is 3.00. The Hall–Kier alpha value is -1.65. The average molecular weight is 233 g/mol. The SMILES string of the molecule is CCCNc1ncnc2c1cnn2C(C)(C)C. The summed E-state index contributed by atoms with van der Waals surface area (Å²) in [5, 5.41) is 8.69. The number of anilines is 1. The largest absolute Gasteiger partial charge is 0.369 e. The van der Waals surface area contributed by atoms with Gasteiger partial charge in [0.2, 0.25) is 0 Å². The summed E-state index contributed by atoms with van der Waals surface area (Å²) >= 11 is 0. The maximum Gasteiger partial charge on any atom is 0.163 e. The molecule has 0 aliphatic carbocycles. The summed E-state index contributed by atoms with van der Waals surface area (Å²) in [5.74, 6) is 0.868. The average Bonchev–Trinajstić information content (AvgIpc) is 2.69. The first-order chi connectivity index (χ1) is 8.04. The molecule has 5 heteroatoms. The molecule has 0 amide bonds. The molecule has 2 aromatic heterocycles. The van der Waals surface area contributed by atoms with Crippen LogP contribution in [0.2, 0.25) is 0 Å². The Morgan fingerprint density at radius 1 is 1.29 bits per heavy atom. The Labute approximate surface area is 101 Å². The van der Waals surface area contributed by atoms with Crippen LogP contribution >= 0.6 is 0 Å². The number of nitrogens with one attached hydrogen (secondary N) is 1. The Morgan fingerprint density at radius 3 is 2.71 bits per heavy atom. The summed E-state index contributed by atoms with van der Waals surface area (Å²) in [5.41, 5.74) is 0.809. The number of aromatic nitrogens is 4. The third-order valence-electron chi connectivity index (χ3n) is 2.54. The van der Waals surface area contributed by atoms with Gasteiger partial charge in [-0.15, -0.1) is 0 Å². The molecule has 92 valence electrons. The first-order valence-corrected chi connectivity index (χ1v) is 5.97. The van der Waals surface area contributed by atoms with E-state index in [1.165, 1.54) is 0 Å². The van der Waals surface area contributed by atoms with Crippen molar-refractivity contribution >= 4 is 16.9 Å². The summed E-state index contributed by atoms with van der Waals surface area (Å²) in [4.78, 5) is 8.59. The van der Waals surface area contributed by atoms with Crippen molar-refractivity contribution < 1.29 is 0 Å². The van der Waals surface area contributed by atoms with E-state index in [0.29, 0.717) is 0 Å². The van der Waals surface area contributed by atoms with Crippen molar-refractivity contribution in [3.63, 3.8) is 0 Å². The Bertz CT molecular complexity index is 509. The molecule has 0 fully saturated rings. The number of hydrogen-bond acceptors (Lipinski definition) is 4. The van der Waals surface area contributed by atoms with Crippen LogP contribution in [-0.4, -0.2) is 26.3 Å². The van der Waals surface area contributed by atoms with Crippen molar-refractivity contribution in [2.45, 2.75) is 39.7 Å². The highest BCUT2D eigenvalue weighted by molar-refractivity contribution is 5.86. The van der Waals surface area contributed by atoms with Gasteiger partial charge in [0.1, 0.15) is 12.1 Å². The van der Waals surface area contributed by atoms with Crippen molar-refractivity contribution in [3.05, 3.63) is 12.5 Å². The summed E-state index contributed by atoms with van der Waals surface area (Å²) in [6.45, 7) is 9.37. The predicted molar refractivity (Wildman–Crippen MR) is 69.1 cm³/mol. The van der Waals surface area contributed by atoms with E-state index in [1.54, 1.807) is 6.33 Å². The second kappa shape index (κ2) is 4.31. The number of hydrogen-bond donors (Lipinski definition) is 1. The highest BCUT2D eigenvalue weighted by Crippen LogP contribution is 2.23. The first-order valence-electron chi connectivity index (χ1n) is 5.97. The van der Waals surface area contributed by atoms with Gasteiger partial charge in [-0.3, -0.25) is 0 Å². The molecule has 0 aliphatic rings. The summed E-state index contributed by atoms with van der Waals surface area (Å²) in [6.07, 6.45) is 4.49. The summed E-state index contributed by atoms with van der Waals surface area (Å²) in [7, 11) is 0. The van der Waals surface area contributed by atoms with Gasteiger partial charge in [0, 0.05) is 6.54 Å². The van der Waals surface area contributed by atoms with Crippen LogP contribution in [0.3, 0.4) is 0 Å². The number of rotatable bonds is 3. The third-order valence-corrected chi connectivity index (χ3v) is 2.54. The minimum Gasteiger partial charge on any atom is -0.369 e. The third kappa shape index (κ3) is 2.23. The van der Waals surface area contributed by atoms with Crippen LogP contribution in [0.15, 0.2) is 12.5 Å². The number of nitrogens with zero attached hydrogens (tertiary/aromatic N) is 4. The molecule has 2 aromatic rings. The van der Waals surface area contributed by atoms with Crippen molar-refractivity contribution in [1.29, 1.82) is 0 Å². The standard InChI is InChI=1S/C12H19N5/c1-5-6-13-10-9-7-16-17(12(2,3)4)11(9)15-8-14-10/h7-8H,5-6H2,1-4H3,(H,13,14,15). The van der Waals surface area contributed by atoms with Crippen LogP contribution in [0.4, 0.5) is 5.82 Å². The molecule has 5 nitrogen and oxygen atoms in total. The van der Waals surface area contributed by atoms with Crippen molar-refractivity contribution in [2.75, 3.05) is 11.9 Å². The van der Waals surface area contributed by atoms with E-state index < -0.39 is 0 Å². The topological polar surface area (TPSA) is 55.6 Å². The molecular weight excluding hydrogens is 214 g/mol. The molecule has 0 spiro atoms. The van der Waals surface area contributed by atoms with Crippen molar-refractivity contribution in [1.82, 2.24) is 19.7 Å². The molecule has 0 radical (unpaired) electrons. The molecule has 2 rings (SSSR count). The lowest BCUT2D eigenvalue weighted by Gasteiger charge is -2.19. The zero-order chi connectivity index (χ0) is 12.5. The van der Waals surface area contributed by atoms with Gasteiger partial charge in [0.05, 0.1) is 17.1 Å². The van der Waals surface area contributed by atoms with Crippen LogP contribution in [0, 0.1) is 0 Å². The normalized spacial score (nSPS) is 12.0. The van der Waals surface area contributed by atoms with E-state index in [2.05, 4.69) is 48.1 Å². The first kappa shape index (κ1) is 11.8. The van der Waals surface area contributed by atoms with E-state index in [-0.39, 0.29) is 5.54 Å². The second-order valence-corrected chi connectivity index (χ2v) is 5.11. The van der Waals surface area contributed by atoms with Crippen molar-refractivity contribution in [2.24, 2.45) is 0 Å². The van der Waals surface area contributed by atoms with Crippen LogP contribution in [0.1, 0.15) is 34.1 Å². The second-order valence-electron chi connectivity index (χ2n) is 5.11. The minimum atomic E-state index is -0.0713. The molecule has 0 bridgehead atoms. The molecule has 0 atom stereocenters. The number of fused-ring (bicyclic) bond motifs is 1. The van der Waals surface area contributed by atoms with Gasteiger partial charge < -0.3 is 5.32 Å². The van der Waals surface area contributed by atoms with E-state index in [4.69, 9.17) is 0 Å². The zero-order valence-corrected chi connectivity index (χ0v) is 10.9. The summed E-state index contributed by atoms with van der Waals surface area (Å²) < 4.78 is 1.93. The van der Waals surface area contributed by atoms with Crippen LogP contribution in [0.5, 0.6) is 0 Å². The van der Waals surface area contributed by atoms with Gasteiger partial charge in [-0.1, -0.05) is 6.92 Å². The van der Waals surface area contributed by atoms with Crippen molar-refractivity contribution in [3.8, 4) is 0 Å². The highest BCUT2D eigenvalue weighted by Gasteiger charge is 2.19. The minimum absolute atomic E-state index is 0.0713. The van der Waals surface area contributed by atoms with Gasteiger partial charge >= 0.3 is 0 Å². The molecule has 0 saturated carbocycles. The van der Waals surface area contributed by atoms with E-state index in [0.717, 1.165) is 29.8 Å². The molecule has 1 N–H and O–H groups in total. The fraction of sp³-hybridized carbons (Fsp3) is 0.583. The van der Waals surface area contributed by atoms with E-state index in [9.17, 15) is 0 Å². The Balaban J connectivity index is 2.49. The lowest BCUT2D eigenvalue weighted by Crippen LogP contribution is -2.23. The molecule has 0 saturated heterocycles. The molecule has 0 aliphatic heterocycles. The predicted octanol–water partition coefficient (Wildman–Crippen LogP) is 2.40. The quantitative estimate of drug-likeness (QED) is 0.884. The molecular formula is C12H19N5. The smallest absolute Gasteiger partial charge is 0.163 e. The monoisotopic (exact) mass is 233 g/mol. The zero-order valence-electron chi connectivity index (χ0n) is 10.9. The highest BCUT2D eigenvalue weighted by atomic mass is 15.3. The Morgan fingerprint density at radius 2 is 2.06 bits per heavy atom. The lowest BCUT2D eigenvalue weighted by atomic mass is 10.1. The van der Waals surface area contributed by atoms with Gasteiger partial charge in [-0.25, -0.2) is 14.6 Å². The van der Waals surface area contributed by atoms with Crippen LogP contribution < -0.4 is 5.32 Å². The lowest BCUT2D eigenvalue weighted by molar-refractivity contribution is 0.366. The van der Waals surface area contributed by atoms with Crippen LogP contribution in [0.25, 0.3) is 11.0 Å². The molecule has 17 heavy (non-hydrogen) atoms. The van der Waals surface area contributed by atoms with Gasteiger partial charge in [-0.2, -0.15) is 5.10 Å².